The van der Waals surface area contributed by atoms with Gasteiger partial charge >= 0.3 is 0 Å². The molecule has 0 aliphatic heterocycles. The number of aryl methyl sites for hydroxylation is 1. The molecule has 0 aliphatic rings. The van der Waals surface area contributed by atoms with Crippen LogP contribution in [0.15, 0.2) is 72.8 Å². The summed E-state index contributed by atoms with van der Waals surface area (Å²) in [5.74, 6) is -0.167. The third-order valence-corrected chi connectivity index (χ3v) is 3.71. The van der Waals surface area contributed by atoms with E-state index in [9.17, 15) is 4.79 Å². The lowest BCUT2D eigenvalue weighted by molar-refractivity contribution is 0.102. The average Bonchev–Trinajstić information content (AvgIpc) is 2.58. The van der Waals surface area contributed by atoms with Crippen molar-refractivity contribution in [2.45, 2.75) is 6.92 Å². The molecule has 0 saturated heterocycles. The summed E-state index contributed by atoms with van der Waals surface area (Å²) in [7, 11) is 0. The predicted molar refractivity (Wildman–Crippen MR) is 95.4 cm³/mol. The molecule has 3 nitrogen and oxygen atoms in total. The van der Waals surface area contributed by atoms with E-state index in [1.54, 1.807) is 0 Å². The monoisotopic (exact) mass is 302 g/mol. The number of carbonyl (C=O) groups is 1. The van der Waals surface area contributed by atoms with Crippen LogP contribution in [0.2, 0.25) is 0 Å². The van der Waals surface area contributed by atoms with Crippen molar-refractivity contribution < 1.29 is 4.79 Å². The summed E-state index contributed by atoms with van der Waals surface area (Å²) >= 11 is 0. The number of hydrogen-bond acceptors (Lipinski definition) is 2. The summed E-state index contributed by atoms with van der Waals surface area (Å²) in [5, 5.41) is 2.85. The Balaban J connectivity index is 1.78. The number of rotatable bonds is 3. The highest BCUT2D eigenvalue weighted by Gasteiger charge is 2.08. The second kappa shape index (κ2) is 6.36. The van der Waals surface area contributed by atoms with Crippen LogP contribution in [0.1, 0.15) is 15.9 Å². The number of benzene rings is 3. The van der Waals surface area contributed by atoms with Crippen molar-refractivity contribution >= 4 is 17.3 Å². The highest BCUT2D eigenvalue weighted by molar-refractivity contribution is 6.06. The zero-order valence-electron chi connectivity index (χ0n) is 12.9. The molecule has 3 N–H and O–H groups in total. The maximum Gasteiger partial charge on any atom is 0.255 e. The van der Waals surface area contributed by atoms with Gasteiger partial charge < -0.3 is 11.1 Å². The van der Waals surface area contributed by atoms with Crippen LogP contribution in [0.25, 0.3) is 11.1 Å². The van der Waals surface area contributed by atoms with E-state index in [1.807, 2.05) is 79.7 Å². The van der Waals surface area contributed by atoms with Crippen LogP contribution in [0.5, 0.6) is 0 Å². The van der Waals surface area contributed by atoms with E-state index in [2.05, 4.69) is 5.32 Å². The summed E-state index contributed by atoms with van der Waals surface area (Å²) in [4.78, 5) is 12.3. The van der Waals surface area contributed by atoms with Crippen molar-refractivity contribution in [3.8, 4) is 11.1 Å². The fourth-order valence-corrected chi connectivity index (χ4v) is 2.44. The molecule has 0 spiro atoms. The Morgan fingerprint density at radius 3 is 2.17 bits per heavy atom. The van der Waals surface area contributed by atoms with Crippen LogP contribution in [-0.4, -0.2) is 5.91 Å². The minimum Gasteiger partial charge on any atom is -0.397 e. The molecule has 0 aliphatic carbocycles. The molecular formula is C20H18N2O. The zero-order valence-corrected chi connectivity index (χ0v) is 12.9. The van der Waals surface area contributed by atoms with Crippen molar-refractivity contribution in [1.29, 1.82) is 0 Å². The minimum absolute atomic E-state index is 0.167. The largest absolute Gasteiger partial charge is 0.397 e. The standard InChI is InChI=1S/C20H18N2O/c1-14-7-12-19(18(21)13-14)22-20(23)17-10-8-16(9-11-17)15-5-3-2-4-6-15/h2-13H,21H2,1H3,(H,22,23). The van der Waals surface area contributed by atoms with Crippen molar-refractivity contribution in [3.63, 3.8) is 0 Å². The first-order chi connectivity index (χ1) is 11.1. The Labute approximate surface area is 135 Å². The molecule has 0 bridgehead atoms. The maximum atomic E-state index is 12.3. The third-order valence-electron chi connectivity index (χ3n) is 3.71. The van der Waals surface area contributed by atoms with Crippen molar-refractivity contribution in [2.75, 3.05) is 11.1 Å². The molecule has 3 rings (SSSR count). The van der Waals surface area contributed by atoms with E-state index in [-0.39, 0.29) is 5.91 Å². The van der Waals surface area contributed by atoms with E-state index in [0.29, 0.717) is 16.9 Å². The van der Waals surface area contributed by atoms with Gasteiger partial charge in [0.1, 0.15) is 0 Å². The molecule has 0 fully saturated rings. The first-order valence-corrected chi connectivity index (χ1v) is 7.46. The van der Waals surface area contributed by atoms with E-state index < -0.39 is 0 Å². The molecule has 0 radical (unpaired) electrons. The molecule has 0 aromatic heterocycles. The SMILES string of the molecule is Cc1ccc(NC(=O)c2ccc(-c3ccccc3)cc2)c(N)c1. The van der Waals surface area contributed by atoms with Gasteiger partial charge in [-0.1, -0.05) is 48.5 Å². The van der Waals surface area contributed by atoms with Crippen LogP contribution in [-0.2, 0) is 0 Å². The molecule has 3 aromatic rings. The van der Waals surface area contributed by atoms with Crippen LogP contribution in [0, 0.1) is 6.92 Å². The second-order valence-corrected chi connectivity index (χ2v) is 5.49. The van der Waals surface area contributed by atoms with Crippen LogP contribution < -0.4 is 11.1 Å². The Bertz CT molecular complexity index is 824. The highest BCUT2D eigenvalue weighted by Crippen LogP contribution is 2.22. The third kappa shape index (κ3) is 3.40. The lowest BCUT2D eigenvalue weighted by atomic mass is 10.0. The Kier molecular flexibility index (Phi) is 4.11. The number of hydrogen-bond donors (Lipinski definition) is 2. The number of amides is 1. The normalized spacial score (nSPS) is 10.3. The molecule has 23 heavy (non-hydrogen) atoms. The quantitative estimate of drug-likeness (QED) is 0.700. The van der Waals surface area contributed by atoms with Crippen LogP contribution >= 0.6 is 0 Å². The lowest BCUT2D eigenvalue weighted by Crippen LogP contribution is -2.13. The fraction of sp³-hybridized carbons (Fsp3) is 0.0500. The van der Waals surface area contributed by atoms with Gasteiger partial charge in [0.15, 0.2) is 0 Å². The molecule has 1 amide bonds. The molecule has 0 unspecified atom stereocenters. The maximum absolute atomic E-state index is 12.3. The number of anilines is 2. The molecule has 0 heterocycles. The van der Waals surface area contributed by atoms with Gasteiger partial charge in [0.05, 0.1) is 11.4 Å². The molecule has 0 saturated carbocycles. The lowest BCUT2D eigenvalue weighted by Gasteiger charge is -2.09. The van der Waals surface area contributed by atoms with Gasteiger partial charge in [-0.2, -0.15) is 0 Å². The zero-order chi connectivity index (χ0) is 16.2. The molecule has 3 aromatic carbocycles. The summed E-state index contributed by atoms with van der Waals surface area (Å²) < 4.78 is 0. The topological polar surface area (TPSA) is 55.1 Å². The van der Waals surface area contributed by atoms with E-state index in [1.165, 1.54) is 0 Å². The number of nitrogens with one attached hydrogen (secondary N) is 1. The van der Waals surface area contributed by atoms with Crippen molar-refractivity contribution in [3.05, 3.63) is 83.9 Å². The molecule has 3 heteroatoms. The van der Waals surface area contributed by atoms with Gasteiger partial charge in [-0.15, -0.1) is 0 Å². The average molecular weight is 302 g/mol. The van der Waals surface area contributed by atoms with Gasteiger partial charge in [0, 0.05) is 5.56 Å². The first kappa shape index (κ1) is 14.9. The van der Waals surface area contributed by atoms with Gasteiger partial charge in [-0.05, 0) is 47.9 Å². The number of nitrogen functional groups attached to an aromatic ring is 1. The number of nitrogens with two attached hydrogens (primary N) is 1. The van der Waals surface area contributed by atoms with E-state index in [0.717, 1.165) is 16.7 Å². The predicted octanol–water partition coefficient (Wildman–Crippen LogP) is 4.50. The fourth-order valence-electron chi connectivity index (χ4n) is 2.44. The minimum atomic E-state index is -0.167. The summed E-state index contributed by atoms with van der Waals surface area (Å²) in [6, 6.07) is 23.2. The Morgan fingerprint density at radius 1 is 0.870 bits per heavy atom. The summed E-state index contributed by atoms with van der Waals surface area (Å²) in [6.45, 7) is 1.96. The molecule has 0 atom stereocenters. The van der Waals surface area contributed by atoms with Crippen LogP contribution in [0.4, 0.5) is 11.4 Å². The smallest absolute Gasteiger partial charge is 0.255 e. The summed E-state index contributed by atoms with van der Waals surface area (Å²) in [6.07, 6.45) is 0. The first-order valence-electron chi connectivity index (χ1n) is 7.46. The van der Waals surface area contributed by atoms with Gasteiger partial charge in [-0.25, -0.2) is 0 Å². The van der Waals surface area contributed by atoms with Gasteiger partial charge in [0.25, 0.3) is 5.91 Å². The second-order valence-electron chi connectivity index (χ2n) is 5.49. The molecular weight excluding hydrogens is 284 g/mol. The van der Waals surface area contributed by atoms with Crippen molar-refractivity contribution in [1.82, 2.24) is 0 Å². The number of carbonyl (C=O) groups excluding carboxylic acids is 1. The van der Waals surface area contributed by atoms with E-state index in [4.69, 9.17) is 5.73 Å². The molecule has 114 valence electrons. The van der Waals surface area contributed by atoms with Crippen molar-refractivity contribution in [2.24, 2.45) is 0 Å². The van der Waals surface area contributed by atoms with Gasteiger partial charge in [0.2, 0.25) is 0 Å². The Morgan fingerprint density at radius 2 is 1.52 bits per heavy atom. The van der Waals surface area contributed by atoms with E-state index >= 15 is 0 Å². The highest BCUT2D eigenvalue weighted by atomic mass is 16.1. The van der Waals surface area contributed by atoms with Gasteiger partial charge in [-0.3, -0.25) is 4.79 Å². The summed E-state index contributed by atoms with van der Waals surface area (Å²) in [5.41, 5.74) is 11.0. The van der Waals surface area contributed by atoms with Crippen LogP contribution in [0.3, 0.4) is 0 Å². The Hall–Kier alpha value is -3.07.